The van der Waals surface area contributed by atoms with Crippen LogP contribution in [0.15, 0.2) is 42.5 Å². The van der Waals surface area contributed by atoms with Gasteiger partial charge in [-0.1, -0.05) is 18.2 Å². The maximum absolute atomic E-state index is 11.2. The van der Waals surface area contributed by atoms with Crippen LogP contribution in [0.4, 0.5) is 5.69 Å². The number of nitrogens with one attached hydrogen (secondary N) is 1. The molecule has 0 fully saturated rings. The minimum absolute atomic E-state index is 0.213. The van der Waals surface area contributed by atoms with Gasteiger partial charge in [-0.2, -0.15) is 0 Å². The van der Waals surface area contributed by atoms with Crippen LogP contribution >= 0.6 is 0 Å². The van der Waals surface area contributed by atoms with Crippen molar-refractivity contribution in [1.82, 2.24) is 0 Å². The first kappa shape index (κ1) is 13.7. The third-order valence-electron chi connectivity index (χ3n) is 2.94. The largest absolute Gasteiger partial charge is 0.508 e. The Kier molecular flexibility index (Phi) is 4.10. The van der Waals surface area contributed by atoms with Gasteiger partial charge in [0.25, 0.3) is 0 Å². The molecule has 0 atom stereocenters. The van der Waals surface area contributed by atoms with Gasteiger partial charge in [0.05, 0.1) is 12.8 Å². The fourth-order valence-corrected chi connectivity index (χ4v) is 1.85. The number of carbonyl (C=O) groups excluding carboxylic acids is 1. The van der Waals surface area contributed by atoms with Gasteiger partial charge in [0.2, 0.25) is 5.91 Å². The predicted octanol–water partition coefficient (Wildman–Crippen LogP) is 2.11. The molecule has 0 bridgehead atoms. The van der Waals surface area contributed by atoms with Crippen molar-refractivity contribution in [3.05, 3.63) is 53.6 Å². The number of nitrogens with two attached hydrogens (primary N) is 1. The molecule has 1 amide bonds. The normalized spacial score (nSPS) is 10.1. The first-order valence-electron chi connectivity index (χ1n) is 6.10. The molecule has 0 aliphatic rings. The summed E-state index contributed by atoms with van der Waals surface area (Å²) in [4.78, 5) is 11.2. The Bertz CT molecular complexity index is 626. The Labute approximate surface area is 117 Å². The minimum atomic E-state index is -0.502. The van der Waals surface area contributed by atoms with E-state index in [2.05, 4.69) is 5.32 Å². The average molecular weight is 272 g/mol. The zero-order valence-electron chi connectivity index (χ0n) is 11.1. The van der Waals surface area contributed by atoms with Crippen LogP contribution in [0.3, 0.4) is 0 Å². The lowest BCUT2D eigenvalue weighted by atomic mass is 10.1. The molecular weight excluding hydrogens is 256 g/mol. The van der Waals surface area contributed by atoms with E-state index in [4.69, 9.17) is 10.5 Å². The zero-order valence-corrected chi connectivity index (χ0v) is 11.1. The fraction of sp³-hybridized carbons (Fsp3) is 0.133. The molecule has 0 saturated carbocycles. The van der Waals surface area contributed by atoms with E-state index in [1.54, 1.807) is 37.4 Å². The second-order valence-electron chi connectivity index (χ2n) is 4.26. The van der Waals surface area contributed by atoms with E-state index in [0.29, 0.717) is 23.5 Å². The Balaban J connectivity index is 2.22. The summed E-state index contributed by atoms with van der Waals surface area (Å²) < 4.78 is 5.22. The number of para-hydroxylation sites is 1. The summed E-state index contributed by atoms with van der Waals surface area (Å²) >= 11 is 0. The van der Waals surface area contributed by atoms with Crippen molar-refractivity contribution in [1.29, 1.82) is 0 Å². The number of anilines is 1. The fourth-order valence-electron chi connectivity index (χ4n) is 1.85. The Morgan fingerprint density at radius 1 is 1.30 bits per heavy atom. The SMILES string of the molecule is COc1ccc(C(N)=O)cc1NCc1ccccc1O. The van der Waals surface area contributed by atoms with Gasteiger partial charge in [0, 0.05) is 17.7 Å². The topological polar surface area (TPSA) is 84.6 Å². The molecule has 0 heterocycles. The molecule has 0 saturated heterocycles. The molecule has 0 unspecified atom stereocenters. The van der Waals surface area contributed by atoms with Gasteiger partial charge >= 0.3 is 0 Å². The summed E-state index contributed by atoms with van der Waals surface area (Å²) in [5, 5.41) is 12.8. The monoisotopic (exact) mass is 272 g/mol. The van der Waals surface area contributed by atoms with E-state index in [0.717, 1.165) is 5.56 Å². The van der Waals surface area contributed by atoms with Crippen LogP contribution in [0.2, 0.25) is 0 Å². The lowest BCUT2D eigenvalue weighted by Crippen LogP contribution is -2.11. The van der Waals surface area contributed by atoms with E-state index in [9.17, 15) is 9.90 Å². The second kappa shape index (κ2) is 5.97. The molecule has 5 nitrogen and oxygen atoms in total. The highest BCUT2D eigenvalue weighted by molar-refractivity contribution is 5.94. The number of hydrogen-bond donors (Lipinski definition) is 3. The van der Waals surface area contributed by atoms with E-state index in [-0.39, 0.29) is 5.75 Å². The number of ether oxygens (including phenoxy) is 1. The van der Waals surface area contributed by atoms with Gasteiger partial charge in [-0.15, -0.1) is 0 Å². The van der Waals surface area contributed by atoms with Gasteiger partial charge in [-0.05, 0) is 24.3 Å². The number of hydrogen-bond acceptors (Lipinski definition) is 4. The number of phenols is 1. The van der Waals surface area contributed by atoms with Gasteiger partial charge in [0.15, 0.2) is 0 Å². The van der Waals surface area contributed by atoms with Crippen molar-refractivity contribution in [2.75, 3.05) is 12.4 Å². The minimum Gasteiger partial charge on any atom is -0.508 e. The van der Waals surface area contributed by atoms with Crippen molar-refractivity contribution >= 4 is 11.6 Å². The third-order valence-corrected chi connectivity index (χ3v) is 2.94. The molecule has 20 heavy (non-hydrogen) atoms. The molecule has 2 aromatic rings. The van der Waals surface area contributed by atoms with Gasteiger partial charge in [-0.25, -0.2) is 0 Å². The summed E-state index contributed by atoms with van der Waals surface area (Å²) in [6.07, 6.45) is 0. The summed E-state index contributed by atoms with van der Waals surface area (Å²) in [6, 6.07) is 11.9. The lowest BCUT2D eigenvalue weighted by molar-refractivity contribution is 0.100. The highest BCUT2D eigenvalue weighted by atomic mass is 16.5. The predicted molar refractivity (Wildman–Crippen MR) is 76.9 cm³/mol. The number of carbonyl (C=O) groups is 1. The molecule has 0 radical (unpaired) electrons. The maximum atomic E-state index is 11.2. The van der Waals surface area contributed by atoms with E-state index in [1.807, 2.05) is 12.1 Å². The quantitative estimate of drug-likeness (QED) is 0.778. The molecule has 0 aromatic heterocycles. The smallest absolute Gasteiger partial charge is 0.248 e. The highest BCUT2D eigenvalue weighted by Crippen LogP contribution is 2.27. The number of amides is 1. The van der Waals surface area contributed by atoms with E-state index < -0.39 is 5.91 Å². The van der Waals surface area contributed by atoms with Crippen molar-refractivity contribution < 1.29 is 14.6 Å². The summed E-state index contributed by atoms with van der Waals surface area (Å²) in [6.45, 7) is 0.408. The Morgan fingerprint density at radius 3 is 2.70 bits per heavy atom. The summed E-state index contributed by atoms with van der Waals surface area (Å²) in [5.41, 5.74) is 7.05. The molecule has 2 rings (SSSR count). The summed E-state index contributed by atoms with van der Waals surface area (Å²) in [5.74, 6) is 0.314. The van der Waals surface area contributed by atoms with Crippen LogP contribution in [0.25, 0.3) is 0 Å². The molecule has 4 N–H and O–H groups in total. The van der Waals surface area contributed by atoms with Crippen LogP contribution in [0.5, 0.6) is 11.5 Å². The molecule has 5 heteroatoms. The molecule has 0 aliphatic heterocycles. The molecule has 2 aromatic carbocycles. The molecular formula is C15H16N2O3. The second-order valence-corrected chi connectivity index (χ2v) is 4.26. The van der Waals surface area contributed by atoms with Gasteiger partial charge in [0.1, 0.15) is 11.5 Å². The third kappa shape index (κ3) is 3.00. The number of primary amides is 1. The van der Waals surface area contributed by atoms with Crippen molar-refractivity contribution in [2.24, 2.45) is 5.73 Å². The number of phenolic OH excluding ortho intramolecular Hbond substituents is 1. The van der Waals surface area contributed by atoms with E-state index >= 15 is 0 Å². The first-order valence-corrected chi connectivity index (χ1v) is 6.10. The number of methoxy groups -OCH3 is 1. The Morgan fingerprint density at radius 2 is 2.05 bits per heavy atom. The number of aromatic hydroxyl groups is 1. The van der Waals surface area contributed by atoms with Crippen LogP contribution in [-0.2, 0) is 6.54 Å². The van der Waals surface area contributed by atoms with Crippen molar-refractivity contribution in [2.45, 2.75) is 6.54 Å². The molecule has 0 aliphatic carbocycles. The van der Waals surface area contributed by atoms with Crippen LogP contribution < -0.4 is 15.8 Å². The molecule has 104 valence electrons. The van der Waals surface area contributed by atoms with Gasteiger partial charge in [-0.3, -0.25) is 4.79 Å². The van der Waals surface area contributed by atoms with Crippen molar-refractivity contribution in [3.63, 3.8) is 0 Å². The van der Waals surface area contributed by atoms with Crippen LogP contribution in [0.1, 0.15) is 15.9 Å². The van der Waals surface area contributed by atoms with Crippen molar-refractivity contribution in [3.8, 4) is 11.5 Å². The van der Waals surface area contributed by atoms with Crippen LogP contribution in [0, 0.1) is 0 Å². The molecule has 0 spiro atoms. The Hall–Kier alpha value is -2.69. The highest BCUT2D eigenvalue weighted by Gasteiger charge is 2.08. The van der Waals surface area contributed by atoms with Crippen LogP contribution in [-0.4, -0.2) is 18.1 Å². The summed E-state index contributed by atoms with van der Waals surface area (Å²) in [7, 11) is 1.55. The van der Waals surface area contributed by atoms with E-state index in [1.165, 1.54) is 0 Å². The lowest BCUT2D eigenvalue weighted by Gasteiger charge is -2.12. The first-order chi connectivity index (χ1) is 9.61. The average Bonchev–Trinajstić information content (AvgIpc) is 2.46. The maximum Gasteiger partial charge on any atom is 0.248 e. The number of benzene rings is 2. The zero-order chi connectivity index (χ0) is 14.5. The van der Waals surface area contributed by atoms with Gasteiger partial charge < -0.3 is 20.9 Å². The standard InChI is InChI=1S/C15H16N2O3/c1-20-14-7-6-10(15(16)19)8-12(14)17-9-11-4-2-3-5-13(11)18/h2-8,17-18H,9H2,1H3,(H2,16,19). The number of rotatable bonds is 5.